The molecule has 0 fully saturated rings. The molecular weight excluding hydrogens is 432 g/mol. The predicted molar refractivity (Wildman–Crippen MR) is 134 cm³/mol. The number of hydrogen-bond acceptors (Lipinski definition) is 3. The molecule has 1 amide bonds. The second kappa shape index (κ2) is 10.2. The molecule has 0 saturated heterocycles. The van der Waals surface area contributed by atoms with Crippen molar-refractivity contribution in [3.05, 3.63) is 95.6 Å². The third kappa shape index (κ3) is 5.45. The van der Waals surface area contributed by atoms with Gasteiger partial charge in [-0.15, -0.1) is 0 Å². The van der Waals surface area contributed by atoms with E-state index in [1.807, 2.05) is 55.5 Å². The summed E-state index contributed by atoms with van der Waals surface area (Å²) in [6, 6.07) is 25.7. The van der Waals surface area contributed by atoms with Gasteiger partial charge in [0.05, 0.1) is 11.4 Å². The number of rotatable bonds is 8. The van der Waals surface area contributed by atoms with Crippen LogP contribution in [0.5, 0.6) is 0 Å². The molecule has 1 N–H and O–H groups in total. The Morgan fingerprint density at radius 1 is 0.970 bits per heavy atom. The molecule has 0 saturated carbocycles. The van der Waals surface area contributed by atoms with Gasteiger partial charge in [-0.2, -0.15) is 0 Å². The number of sulfonamides is 1. The lowest BCUT2D eigenvalue weighted by Crippen LogP contribution is -2.37. The zero-order valence-corrected chi connectivity index (χ0v) is 19.7. The first-order chi connectivity index (χ1) is 16.0. The second-order valence-electron chi connectivity index (χ2n) is 8.46. The Hall–Kier alpha value is -3.12. The van der Waals surface area contributed by atoms with Gasteiger partial charge in [-0.25, -0.2) is 8.42 Å². The Bertz CT molecular complexity index is 1160. The highest BCUT2D eigenvalue weighted by Gasteiger charge is 2.27. The van der Waals surface area contributed by atoms with Crippen LogP contribution in [0.25, 0.3) is 0 Å². The highest BCUT2D eigenvalue weighted by molar-refractivity contribution is 7.92. The number of carbonyl (C=O) groups excluding carboxylic acids is 1. The molecule has 172 valence electrons. The van der Waals surface area contributed by atoms with Crippen molar-refractivity contribution < 1.29 is 13.2 Å². The van der Waals surface area contributed by atoms with E-state index in [1.165, 1.54) is 4.31 Å². The van der Waals surface area contributed by atoms with Crippen molar-refractivity contribution in [3.63, 3.8) is 0 Å². The number of carbonyl (C=O) groups is 1. The molecule has 1 aliphatic heterocycles. The smallest absolute Gasteiger partial charge is 0.235 e. The van der Waals surface area contributed by atoms with Gasteiger partial charge in [0.2, 0.25) is 15.9 Å². The molecule has 1 heterocycles. The Kier molecular flexibility index (Phi) is 7.14. The van der Waals surface area contributed by atoms with Crippen LogP contribution in [0.2, 0.25) is 0 Å². The SMILES string of the molecule is CCCS(=O)(=O)N1CCCc2cc(NC(=O)CC(c3ccccc3)c3ccccc3)ccc21. The molecule has 0 unspecified atom stereocenters. The maximum Gasteiger partial charge on any atom is 0.235 e. The van der Waals surface area contributed by atoms with Gasteiger partial charge in [0.25, 0.3) is 0 Å². The minimum atomic E-state index is -3.31. The second-order valence-corrected chi connectivity index (χ2v) is 10.5. The molecule has 0 spiro atoms. The van der Waals surface area contributed by atoms with Crippen LogP contribution >= 0.6 is 0 Å². The van der Waals surface area contributed by atoms with Crippen molar-refractivity contribution in [3.8, 4) is 0 Å². The van der Waals surface area contributed by atoms with Gasteiger partial charge in [0.15, 0.2) is 0 Å². The average Bonchev–Trinajstić information content (AvgIpc) is 2.83. The monoisotopic (exact) mass is 462 g/mol. The van der Waals surface area contributed by atoms with Gasteiger partial charge in [0, 0.05) is 24.6 Å². The molecule has 4 rings (SSSR count). The number of aryl methyl sites for hydroxylation is 1. The summed E-state index contributed by atoms with van der Waals surface area (Å²) >= 11 is 0. The van der Waals surface area contributed by atoms with Crippen LogP contribution in [0.3, 0.4) is 0 Å². The number of nitrogens with zero attached hydrogens (tertiary/aromatic N) is 1. The largest absolute Gasteiger partial charge is 0.326 e. The van der Waals surface area contributed by atoms with Crippen LogP contribution in [0.15, 0.2) is 78.9 Å². The lowest BCUT2D eigenvalue weighted by Gasteiger charge is -2.30. The fourth-order valence-electron chi connectivity index (χ4n) is 4.49. The van der Waals surface area contributed by atoms with Crippen LogP contribution in [0.4, 0.5) is 11.4 Å². The first-order valence-electron chi connectivity index (χ1n) is 11.5. The molecule has 0 radical (unpaired) electrons. The summed E-state index contributed by atoms with van der Waals surface area (Å²) in [5.41, 5.74) is 4.59. The lowest BCUT2D eigenvalue weighted by atomic mass is 9.88. The first kappa shape index (κ1) is 23.1. The Morgan fingerprint density at radius 3 is 2.21 bits per heavy atom. The van der Waals surface area contributed by atoms with Gasteiger partial charge < -0.3 is 5.32 Å². The summed E-state index contributed by atoms with van der Waals surface area (Å²) in [5, 5.41) is 3.03. The van der Waals surface area contributed by atoms with Crippen LogP contribution in [0.1, 0.15) is 48.8 Å². The maximum absolute atomic E-state index is 13.0. The van der Waals surface area contributed by atoms with Crippen molar-refractivity contribution >= 4 is 27.3 Å². The van der Waals surface area contributed by atoms with Gasteiger partial charge in [-0.1, -0.05) is 67.6 Å². The van der Waals surface area contributed by atoms with Crippen molar-refractivity contribution in [2.75, 3.05) is 21.9 Å². The van der Waals surface area contributed by atoms with E-state index in [9.17, 15) is 13.2 Å². The Labute approximate surface area is 196 Å². The molecule has 5 nitrogen and oxygen atoms in total. The fourth-order valence-corrected chi connectivity index (χ4v) is 6.12. The van der Waals surface area contributed by atoms with Crippen molar-refractivity contribution in [2.24, 2.45) is 0 Å². The first-order valence-corrected chi connectivity index (χ1v) is 13.1. The third-order valence-corrected chi connectivity index (χ3v) is 8.01. The van der Waals surface area contributed by atoms with E-state index in [0.717, 1.165) is 35.2 Å². The average molecular weight is 463 g/mol. The number of fused-ring (bicyclic) bond motifs is 1. The topological polar surface area (TPSA) is 66.5 Å². The van der Waals surface area contributed by atoms with E-state index in [4.69, 9.17) is 0 Å². The standard InChI is InChI=1S/C27H30N2O3S/c1-2-18-33(31,32)29-17-9-14-23-19-24(15-16-26(23)29)28-27(30)20-25(21-10-5-3-6-11-21)22-12-7-4-8-13-22/h3-8,10-13,15-16,19,25H,2,9,14,17-18,20H2,1H3,(H,28,30). The number of benzene rings is 3. The van der Waals surface area contributed by atoms with E-state index in [2.05, 4.69) is 29.6 Å². The van der Waals surface area contributed by atoms with Crippen molar-refractivity contribution in [1.29, 1.82) is 0 Å². The molecule has 0 aromatic heterocycles. The molecule has 3 aromatic carbocycles. The number of anilines is 2. The molecule has 0 atom stereocenters. The Balaban J connectivity index is 1.53. The summed E-state index contributed by atoms with van der Waals surface area (Å²) in [6.45, 7) is 2.38. The van der Waals surface area contributed by atoms with Crippen LogP contribution < -0.4 is 9.62 Å². The summed E-state index contributed by atoms with van der Waals surface area (Å²) in [5.74, 6) is 0.0318. The summed E-state index contributed by atoms with van der Waals surface area (Å²) < 4.78 is 26.8. The normalized spacial score (nSPS) is 13.6. The van der Waals surface area contributed by atoms with E-state index in [1.54, 1.807) is 6.07 Å². The van der Waals surface area contributed by atoms with E-state index in [0.29, 0.717) is 25.1 Å². The molecule has 0 aliphatic carbocycles. The summed E-state index contributed by atoms with van der Waals surface area (Å²) in [4.78, 5) is 13.0. The number of hydrogen-bond donors (Lipinski definition) is 1. The van der Waals surface area contributed by atoms with Gasteiger partial charge >= 0.3 is 0 Å². The van der Waals surface area contributed by atoms with Crippen LogP contribution in [-0.4, -0.2) is 26.6 Å². The fraction of sp³-hybridized carbons (Fsp3) is 0.296. The van der Waals surface area contributed by atoms with Crippen molar-refractivity contribution in [2.45, 2.75) is 38.5 Å². The van der Waals surface area contributed by atoms with E-state index >= 15 is 0 Å². The zero-order chi connectivity index (χ0) is 23.3. The molecule has 3 aromatic rings. The van der Waals surface area contributed by atoms with E-state index in [-0.39, 0.29) is 17.6 Å². The molecule has 0 bridgehead atoms. The predicted octanol–water partition coefficient (Wildman–Crippen LogP) is 5.34. The minimum Gasteiger partial charge on any atom is -0.326 e. The number of amides is 1. The summed E-state index contributed by atoms with van der Waals surface area (Å²) in [6.07, 6.45) is 2.49. The van der Waals surface area contributed by atoms with Gasteiger partial charge in [-0.3, -0.25) is 9.10 Å². The van der Waals surface area contributed by atoms with Gasteiger partial charge in [-0.05, 0) is 54.2 Å². The van der Waals surface area contributed by atoms with Crippen LogP contribution in [0, 0.1) is 0 Å². The highest BCUT2D eigenvalue weighted by atomic mass is 32.2. The molecule has 1 aliphatic rings. The molecule has 33 heavy (non-hydrogen) atoms. The zero-order valence-electron chi connectivity index (χ0n) is 18.9. The van der Waals surface area contributed by atoms with Crippen LogP contribution in [-0.2, 0) is 21.2 Å². The Morgan fingerprint density at radius 2 is 1.61 bits per heavy atom. The summed E-state index contributed by atoms with van der Waals surface area (Å²) in [7, 11) is -3.31. The van der Waals surface area contributed by atoms with Gasteiger partial charge in [0.1, 0.15) is 0 Å². The number of nitrogens with one attached hydrogen (secondary N) is 1. The van der Waals surface area contributed by atoms with E-state index < -0.39 is 10.0 Å². The third-order valence-electron chi connectivity index (χ3n) is 6.03. The quantitative estimate of drug-likeness (QED) is 0.491. The minimum absolute atomic E-state index is 0.0419. The molecule has 6 heteroatoms. The maximum atomic E-state index is 13.0. The molecular formula is C27H30N2O3S. The highest BCUT2D eigenvalue weighted by Crippen LogP contribution is 2.33. The lowest BCUT2D eigenvalue weighted by molar-refractivity contribution is -0.116. The van der Waals surface area contributed by atoms with Crippen molar-refractivity contribution in [1.82, 2.24) is 0 Å².